The zero-order valence-electron chi connectivity index (χ0n) is 15.2. The van der Waals surface area contributed by atoms with Crippen molar-refractivity contribution in [3.05, 3.63) is 35.9 Å². The molecule has 0 aliphatic carbocycles. The van der Waals surface area contributed by atoms with Crippen molar-refractivity contribution in [1.29, 1.82) is 0 Å². The number of aliphatic imine (C=N–C) groups is 1. The topological polar surface area (TPSA) is 46.1 Å². The van der Waals surface area contributed by atoms with Gasteiger partial charge in [0.05, 0.1) is 13.2 Å². The first-order chi connectivity index (χ1) is 11.8. The Bertz CT molecular complexity index is 547. The highest BCUT2D eigenvalue weighted by Crippen LogP contribution is 2.38. The molecule has 0 radical (unpaired) electrons. The Morgan fingerprint density at radius 1 is 1.36 bits per heavy atom. The molecule has 25 heavy (non-hydrogen) atoms. The average Bonchev–Trinajstić information content (AvgIpc) is 3.26. The van der Waals surface area contributed by atoms with Crippen molar-refractivity contribution in [2.24, 2.45) is 10.4 Å². The molecule has 2 atom stereocenters. The van der Waals surface area contributed by atoms with Crippen molar-refractivity contribution < 1.29 is 9.47 Å². The van der Waals surface area contributed by atoms with Crippen LogP contribution in [0.5, 0.6) is 0 Å². The molecule has 2 aliphatic heterocycles. The van der Waals surface area contributed by atoms with E-state index >= 15 is 0 Å². The van der Waals surface area contributed by atoms with E-state index in [4.69, 9.17) is 14.5 Å². The van der Waals surface area contributed by atoms with Gasteiger partial charge in [-0.05, 0) is 25.3 Å². The summed E-state index contributed by atoms with van der Waals surface area (Å²) in [6.07, 6.45) is 2.36. The first-order valence-electron chi connectivity index (χ1n) is 8.95. The number of nitrogens with zero attached hydrogens (tertiary/aromatic N) is 2. The van der Waals surface area contributed by atoms with Crippen LogP contribution in [0.25, 0.3) is 0 Å². The van der Waals surface area contributed by atoms with Gasteiger partial charge in [-0.25, -0.2) is 0 Å². The molecule has 6 heteroatoms. The van der Waals surface area contributed by atoms with Crippen LogP contribution in [0.15, 0.2) is 35.3 Å². The molecule has 0 aromatic heterocycles. The molecule has 5 nitrogen and oxygen atoms in total. The van der Waals surface area contributed by atoms with Crippen LogP contribution in [0.2, 0.25) is 0 Å². The Balaban J connectivity index is 0.00000225. The van der Waals surface area contributed by atoms with E-state index in [0.29, 0.717) is 12.0 Å². The number of halogens is 1. The molecule has 2 saturated heterocycles. The van der Waals surface area contributed by atoms with E-state index in [1.165, 1.54) is 18.4 Å². The maximum atomic E-state index is 5.65. The largest absolute Gasteiger partial charge is 0.381 e. The normalized spacial score (nSPS) is 24.4. The number of benzene rings is 1. The second-order valence-electron chi connectivity index (χ2n) is 6.80. The van der Waals surface area contributed by atoms with E-state index in [2.05, 4.69) is 29.3 Å². The third-order valence-electron chi connectivity index (χ3n) is 5.12. The first kappa shape index (κ1) is 20.5. The first-order valence-corrected chi connectivity index (χ1v) is 8.95. The van der Waals surface area contributed by atoms with Gasteiger partial charge in [-0.1, -0.05) is 30.3 Å². The molecule has 2 unspecified atom stereocenters. The fraction of sp³-hybridized carbons (Fsp3) is 0.632. The Morgan fingerprint density at radius 3 is 2.80 bits per heavy atom. The van der Waals surface area contributed by atoms with Gasteiger partial charge in [-0.15, -0.1) is 24.0 Å². The Morgan fingerprint density at radius 2 is 2.16 bits per heavy atom. The molecule has 2 aliphatic rings. The number of likely N-dealkylation sites (tertiary alicyclic amines) is 1. The van der Waals surface area contributed by atoms with Gasteiger partial charge in [0.15, 0.2) is 5.96 Å². The van der Waals surface area contributed by atoms with Crippen LogP contribution in [0.3, 0.4) is 0 Å². The van der Waals surface area contributed by atoms with Gasteiger partial charge in [0.2, 0.25) is 0 Å². The van der Waals surface area contributed by atoms with Gasteiger partial charge in [-0.2, -0.15) is 0 Å². The maximum absolute atomic E-state index is 5.65. The second-order valence-corrected chi connectivity index (χ2v) is 6.80. The van der Waals surface area contributed by atoms with Crippen LogP contribution < -0.4 is 5.32 Å². The lowest BCUT2D eigenvalue weighted by Crippen LogP contribution is -2.41. The molecular formula is C19H30IN3O2. The maximum Gasteiger partial charge on any atom is 0.194 e. The average molecular weight is 459 g/mol. The summed E-state index contributed by atoms with van der Waals surface area (Å²) in [6, 6.07) is 10.3. The molecule has 140 valence electrons. The van der Waals surface area contributed by atoms with Crippen LogP contribution in [0.1, 0.15) is 31.4 Å². The molecule has 1 N–H and O–H groups in total. The van der Waals surface area contributed by atoms with Crippen molar-refractivity contribution in [3.63, 3.8) is 0 Å². The highest BCUT2D eigenvalue weighted by molar-refractivity contribution is 14.0. The molecular weight excluding hydrogens is 429 g/mol. The summed E-state index contributed by atoms with van der Waals surface area (Å²) in [5, 5.41) is 3.44. The van der Waals surface area contributed by atoms with E-state index in [1.54, 1.807) is 7.11 Å². The number of rotatable bonds is 5. The molecule has 3 rings (SSSR count). The van der Waals surface area contributed by atoms with Crippen molar-refractivity contribution in [3.8, 4) is 0 Å². The SMILES string of the molecule is CCNC(=NCC(OC)c1ccccc1)N1CCC2(CCOC2)C1.I. The van der Waals surface area contributed by atoms with Crippen molar-refractivity contribution in [2.75, 3.05) is 46.5 Å². The van der Waals surface area contributed by atoms with Gasteiger partial charge >= 0.3 is 0 Å². The number of ether oxygens (including phenoxy) is 2. The van der Waals surface area contributed by atoms with Crippen molar-refractivity contribution in [1.82, 2.24) is 10.2 Å². The van der Waals surface area contributed by atoms with Gasteiger partial charge < -0.3 is 19.7 Å². The summed E-state index contributed by atoms with van der Waals surface area (Å²) in [6.45, 7) is 7.52. The van der Waals surface area contributed by atoms with Gasteiger partial charge in [0, 0.05) is 38.8 Å². The predicted molar refractivity (Wildman–Crippen MR) is 112 cm³/mol. The van der Waals surface area contributed by atoms with Gasteiger partial charge in [0.1, 0.15) is 6.10 Å². The Hall–Kier alpha value is -0.860. The van der Waals surface area contributed by atoms with E-state index in [9.17, 15) is 0 Å². The summed E-state index contributed by atoms with van der Waals surface area (Å²) in [7, 11) is 1.75. The quantitative estimate of drug-likeness (QED) is 0.418. The third kappa shape index (κ3) is 5.08. The molecule has 1 aromatic carbocycles. The molecule has 1 spiro atoms. The van der Waals surface area contributed by atoms with Crippen LogP contribution in [0.4, 0.5) is 0 Å². The van der Waals surface area contributed by atoms with E-state index in [0.717, 1.165) is 38.8 Å². The van der Waals surface area contributed by atoms with Crippen LogP contribution in [-0.2, 0) is 9.47 Å². The number of guanidine groups is 1. The lowest BCUT2D eigenvalue weighted by molar-refractivity contribution is 0.110. The number of nitrogens with one attached hydrogen (secondary N) is 1. The van der Waals surface area contributed by atoms with Gasteiger partial charge in [0.25, 0.3) is 0 Å². The molecule has 2 fully saturated rings. The third-order valence-corrected chi connectivity index (χ3v) is 5.12. The van der Waals surface area contributed by atoms with Gasteiger partial charge in [-0.3, -0.25) is 4.99 Å². The van der Waals surface area contributed by atoms with Crippen molar-refractivity contribution >= 4 is 29.9 Å². The minimum atomic E-state index is -0.00812. The minimum absolute atomic E-state index is 0. The molecule has 0 saturated carbocycles. The number of methoxy groups -OCH3 is 1. The highest BCUT2D eigenvalue weighted by atomic mass is 127. The summed E-state index contributed by atoms with van der Waals surface area (Å²) in [4.78, 5) is 7.25. The zero-order chi connectivity index (χ0) is 16.8. The Kier molecular flexibility index (Phi) is 7.96. The summed E-state index contributed by atoms with van der Waals surface area (Å²) in [5.41, 5.74) is 1.51. The summed E-state index contributed by atoms with van der Waals surface area (Å²) in [5.74, 6) is 0.999. The summed E-state index contributed by atoms with van der Waals surface area (Å²) >= 11 is 0. The Labute approximate surface area is 168 Å². The van der Waals surface area contributed by atoms with Crippen molar-refractivity contribution in [2.45, 2.75) is 25.9 Å². The van der Waals surface area contributed by atoms with Crippen LogP contribution >= 0.6 is 24.0 Å². The molecule has 2 heterocycles. The lowest BCUT2D eigenvalue weighted by atomic mass is 9.87. The lowest BCUT2D eigenvalue weighted by Gasteiger charge is -2.25. The minimum Gasteiger partial charge on any atom is -0.381 e. The number of hydrogen-bond donors (Lipinski definition) is 1. The summed E-state index contributed by atoms with van der Waals surface area (Å²) < 4.78 is 11.3. The smallest absolute Gasteiger partial charge is 0.194 e. The highest BCUT2D eigenvalue weighted by Gasteiger charge is 2.42. The second kappa shape index (κ2) is 9.73. The molecule has 1 aromatic rings. The van der Waals surface area contributed by atoms with E-state index in [-0.39, 0.29) is 30.1 Å². The predicted octanol–water partition coefficient (Wildman–Crippen LogP) is 3.07. The van der Waals surface area contributed by atoms with Crippen LogP contribution in [0, 0.1) is 5.41 Å². The number of hydrogen-bond acceptors (Lipinski definition) is 3. The van der Waals surface area contributed by atoms with E-state index < -0.39 is 0 Å². The monoisotopic (exact) mass is 459 g/mol. The fourth-order valence-corrected chi connectivity index (χ4v) is 3.67. The molecule has 0 bridgehead atoms. The van der Waals surface area contributed by atoms with E-state index in [1.807, 2.05) is 18.2 Å². The zero-order valence-corrected chi connectivity index (χ0v) is 17.6. The fourth-order valence-electron chi connectivity index (χ4n) is 3.67. The molecule has 0 amide bonds. The standard InChI is InChI=1S/C19H29N3O2.HI/c1-3-20-18(22-11-9-19(14-22)10-12-24-15-19)21-13-17(23-2)16-7-5-4-6-8-16;/h4-8,17H,3,9-15H2,1-2H3,(H,20,21);1H. The van der Waals surface area contributed by atoms with Crippen LogP contribution in [-0.4, -0.2) is 57.4 Å².